The number of hydrogen-bond donors (Lipinski definition) is 2. The maximum absolute atomic E-state index is 12.6. The number of nitrogens with zero attached hydrogens (tertiary/aromatic N) is 1. The van der Waals surface area contributed by atoms with E-state index in [4.69, 9.17) is 27.9 Å². The number of rotatable bonds is 5. The van der Waals surface area contributed by atoms with Crippen LogP contribution >= 0.6 is 35.1 Å². The number of carbonyl (C=O) groups is 1. The van der Waals surface area contributed by atoms with Gasteiger partial charge in [0.05, 0.1) is 21.2 Å². The summed E-state index contributed by atoms with van der Waals surface area (Å²) in [6.45, 7) is 1.86. The molecule has 2 N–H and O–H groups in total. The van der Waals surface area contributed by atoms with Gasteiger partial charge in [-0.2, -0.15) is 13.2 Å². The minimum atomic E-state index is -4.85. The second kappa shape index (κ2) is 9.19. The smallest absolute Gasteiger partial charge is 0.471 e. The average molecular weight is 518 g/mol. The lowest BCUT2D eigenvalue weighted by atomic mass is 9.93. The third-order valence-corrected chi connectivity index (χ3v) is 7.00. The summed E-state index contributed by atoms with van der Waals surface area (Å²) in [6, 6.07) is 11.0. The van der Waals surface area contributed by atoms with Crippen LogP contribution < -0.4 is 9.46 Å². The molecule has 1 aliphatic rings. The normalized spacial score (nSPS) is 16.1. The first-order valence-corrected chi connectivity index (χ1v) is 11.7. The van der Waals surface area contributed by atoms with Gasteiger partial charge in [0.1, 0.15) is 11.4 Å². The number of piperidine rings is 1. The Labute approximate surface area is 202 Å². The molecule has 5 nitrogen and oxygen atoms in total. The van der Waals surface area contributed by atoms with Crippen molar-refractivity contribution < 1.29 is 22.7 Å². The van der Waals surface area contributed by atoms with Crippen LogP contribution in [0.25, 0.3) is 10.9 Å². The highest BCUT2D eigenvalue weighted by atomic mass is 35.5. The number of aromatic nitrogens is 1. The first-order chi connectivity index (χ1) is 15.6. The number of alkyl halides is 3. The topological polar surface area (TPSA) is 57.4 Å². The van der Waals surface area contributed by atoms with Gasteiger partial charge in [-0.1, -0.05) is 23.2 Å². The van der Waals surface area contributed by atoms with Crippen molar-refractivity contribution in [2.45, 2.75) is 36.4 Å². The van der Waals surface area contributed by atoms with Gasteiger partial charge in [0, 0.05) is 42.4 Å². The molecular weight excluding hydrogens is 498 g/mol. The van der Waals surface area contributed by atoms with Gasteiger partial charge in [0.2, 0.25) is 0 Å². The van der Waals surface area contributed by atoms with E-state index in [1.165, 1.54) is 11.9 Å². The second-order valence-electron chi connectivity index (χ2n) is 8.00. The van der Waals surface area contributed by atoms with Crippen molar-refractivity contribution >= 4 is 57.6 Å². The van der Waals surface area contributed by atoms with Crippen molar-refractivity contribution in [3.8, 4) is 5.75 Å². The number of ether oxygens (including phenoxy) is 1. The van der Waals surface area contributed by atoms with Gasteiger partial charge >= 0.3 is 12.1 Å². The molecule has 0 saturated carbocycles. The molecule has 0 unspecified atom stereocenters. The van der Waals surface area contributed by atoms with Crippen LogP contribution in [0.5, 0.6) is 5.75 Å². The molecule has 4 rings (SSSR count). The van der Waals surface area contributed by atoms with Crippen LogP contribution in [0.3, 0.4) is 0 Å². The van der Waals surface area contributed by atoms with E-state index in [1.54, 1.807) is 12.3 Å². The summed E-state index contributed by atoms with van der Waals surface area (Å²) in [5, 5.41) is 1.87. The molecule has 1 fully saturated rings. The highest BCUT2D eigenvalue weighted by Gasteiger charge is 2.45. The van der Waals surface area contributed by atoms with Crippen molar-refractivity contribution in [1.29, 1.82) is 0 Å². The SMILES string of the molecule is CC1(Oc2ccc(SNc3ccc(Cl)c4c(Cl)c[nH]c34)cc2)CCN(C(=O)C(F)(F)F)CC1. The Kier molecular flexibility index (Phi) is 6.66. The van der Waals surface area contributed by atoms with Crippen molar-refractivity contribution in [3.05, 3.63) is 52.6 Å². The Morgan fingerprint density at radius 2 is 1.79 bits per heavy atom. The first-order valence-electron chi connectivity index (χ1n) is 10.1. The van der Waals surface area contributed by atoms with E-state index in [-0.39, 0.29) is 13.1 Å². The Bertz CT molecular complexity index is 1160. The fourth-order valence-electron chi connectivity index (χ4n) is 3.69. The number of amides is 1. The van der Waals surface area contributed by atoms with E-state index < -0.39 is 17.7 Å². The summed E-state index contributed by atoms with van der Waals surface area (Å²) >= 11 is 13.8. The quantitative estimate of drug-likeness (QED) is 0.360. The Morgan fingerprint density at radius 1 is 1.12 bits per heavy atom. The van der Waals surface area contributed by atoms with Crippen LogP contribution in [-0.4, -0.2) is 40.7 Å². The van der Waals surface area contributed by atoms with E-state index in [0.717, 1.165) is 26.4 Å². The Balaban J connectivity index is 1.35. The van der Waals surface area contributed by atoms with Crippen molar-refractivity contribution in [2.24, 2.45) is 0 Å². The molecule has 33 heavy (non-hydrogen) atoms. The predicted molar refractivity (Wildman–Crippen MR) is 125 cm³/mol. The fraction of sp³-hybridized carbons (Fsp3) is 0.318. The van der Waals surface area contributed by atoms with Gasteiger partial charge in [0.15, 0.2) is 0 Å². The third kappa shape index (κ3) is 5.31. The number of benzene rings is 2. The van der Waals surface area contributed by atoms with Crippen LogP contribution in [0, 0.1) is 0 Å². The Hall–Kier alpha value is -2.23. The van der Waals surface area contributed by atoms with E-state index in [2.05, 4.69) is 9.71 Å². The Morgan fingerprint density at radius 3 is 2.42 bits per heavy atom. The predicted octanol–water partition coefficient (Wildman–Crippen LogP) is 6.92. The lowest BCUT2D eigenvalue weighted by molar-refractivity contribution is -0.188. The number of likely N-dealkylation sites (tertiary alicyclic amines) is 1. The molecule has 1 aromatic heterocycles. The molecule has 0 atom stereocenters. The summed E-state index contributed by atoms with van der Waals surface area (Å²) in [7, 11) is 0. The minimum Gasteiger partial charge on any atom is -0.487 e. The van der Waals surface area contributed by atoms with Gasteiger partial charge in [-0.25, -0.2) is 0 Å². The van der Waals surface area contributed by atoms with Crippen LogP contribution in [0.15, 0.2) is 47.5 Å². The van der Waals surface area contributed by atoms with Crippen molar-refractivity contribution in [2.75, 3.05) is 17.8 Å². The molecule has 1 aliphatic heterocycles. The summed E-state index contributed by atoms with van der Waals surface area (Å²) in [6.07, 6.45) is -2.53. The van der Waals surface area contributed by atoms with Gasteiger partial charge < -0.3 is 19.3 Å². The van der Waals surface area contributed by atoms with Gasteiger partial charge in [-0.05, 0) is 55.3 Å². The monoisotopic (exact) mass is 517 g/mol. The molecule has 2 heterocycles. The molecule has 0 bridgehead atoms. The minimum absolute atomic E-state index is 0.00498. The number of fused-ring (bicyclic) bond motifs is 1. The zero-order valence-corrected chi connectivity index (χ0v) is 19.8. The number of H-pyrrole nitrogens is 1. The third-order valence-electron chi connectivity index (χ3n) is 5.55. The van der Waals surface area contributed by atoms with E-state index in [0.29, 0.717) is 28.6 Å². The zero-order chi connectivity index (χ0) is 23.8. The molecule has 1 saturated heterocycles. The highest BCUT2D eigenvalue weighted by molar-refractivity contribution is 8.00. The summed E-state index contributed by atoms with van der Waals surface area (Å²) in [5.74, 6) is -1.18. The largest absolute Gasteiger partial charge is 0.487 e. The zero-order valence-electron chi connectivity index (χ0n) is 17.4. The number of carbonyl (C=O) groups excluding carboxylic acids is 1. The lowest BCUT2D eigenvalue weighted by Gasteiger charge is -2.39. The highest BCUT2D eigenvalue weighted by Crippen LogP contribution is 2.37. The van der Waals surface area contributed by atoms with Crippen molar-refractivity contribution in [1.82, 2.24) is 9.88 Å². The fourth-order valence-corrected chi connectivity index (χ4v) is 4.92. The molecule has 3 aromatic rings. The summed E-state index contributed by atoms with van der Waals surface area (Å²) < 4.78 is 47.2. The number of halogens is 5. The summed E-state index contributed by atoms with van der Waals surface area (Å²) in [4.78, 5) is 16.3. The standard InChI is InChI=1S/C22H20Cl2F3N3O2S/c1-21(8-10-30(11-9-21)20(31)22(25,26)27)32-13-2-4-14(5-3-13)33-29-17-7-6-15(23)18-16(24)12-28-19(17)18/h2-7,12,28-29H,8-11H2,1H3. The molecule has 1 amide bonds. The number of anilines is 1. The van der Waals surface area contributed by atoms with Crippen LogP contribution in [0.4, 0.5) is 18.9 Å². The number of aromatic amines is 1. The maximum atomic E-state index is 12.6. The lowest BCUT2D eigenvalue weighted by Crippen LogP contribution is -2.51. The van der Waals surface area contributed by atoms with Gasteiger partial charge in [-0.15, -0.1) is 0 Å². The molecule has 2 aromatic carbocycles. The number of nitrogens with one attached hydrogen (secondary N) is 2. The van der Waals surface area contributed by atoms with E-state index in [9.17, 15) is 18.0 Å². The molecule has 0 spiro atoms. The second-order valence-corrected chi connectivity index (χ2v) is 9.69. The average Bonchev–Trinajstić information content (AvgIpc) is 3.16. The van der Waals surface area contributed by atoms with Crippen molar-refractivity contribution in [3.63, 3.8) is 0 Å². The first kappa shape index (κ1) is 23.9. The maximum Gasteiger partial charge on any atom is 0.471 e. The summed E-state index contributed by atoms with van der Waals surface area (Å²) in [5.41, 5.74) is 0.999. The van der Waals surface area contributed by atoms with Crippen LogP contribution in [0.2, 0.25) is 10.0 Å². The molecule has 176 valence electrons. The van der Waals surface area contributed by atoms with Gasteiger partial charge in [0.25, 0.3) is 0 Å². The number of hydrogen-bond acceptors (Lipinski definition) is 4. The molecule has 0 aliphatic carbocycles. The van der Waals surface area contributed by atoms with Crippen LogP contribution in [0.1, 0.15) is 19.8 Å². The van der Waals surface area contributed by atoms with E-state index >= 15 is 0 Å². The molecular formula is C22H20Cl2F3N3O2S. The van der Waals surface area contributed by atoms with Gasteiger partial charge in [-0.3, -0.25) is 4.79 Å². The van der Waals surface area contributed by atoms with Crippen LogP contribution in [-0.2, 0) is 4.79 Å². The molecule has 0 radical (unpaired) electrons. The molecule has 11 heteroatoms. The van der Waals surface area contributed by atoms with E-state index in [1.807, 2.05) is 37.3 Å².